The standard InChI is InChI=1S/C13H25BrN4O/c1-5-8-19-10-12(15-2)13-11(14)9-16-18(13)7-6-17(3)4/h9,12,15H,5-8,10H2,1-4H3. The second kappa shape index (κ2) is 8.68. The number of aromatic nitrogens is 2. The Bertz CT molecular complexity index is 368. The van der Waals surface area contributed by atoms with E-state index in [0.717, 1.165) is 36.3 Å². The maximum Gasteiger partial charge on any atom is 0.0738 e. The Kier molecular flexibility index (Phi) is 7.60. The molecule has 1 aromatic rings. The fourth-order valence-electron chi connectivity index (χ4n) is 1.84. The highest BCUT2D eigenvalue weighted by Gasteiger charge is 2.18. The van der Waals surface area contributed by atoms with E-state index in [-0.39, 0.29) is 6.04 Å². The Balaban J connectivity index is 2.74. The Hall–Kier alpha value is -0.430. The average Bonchev–Trinajstić information content (AvgIpc) is 2.74. The summed E-state index contributed by atoms with van der Waals surface area (Å²) in [5.74, 6) is 0. The number of rotatable bonds is 9. The van der Waals surface area contributed by atoms with Crippen molar-refractivity contribution < 1.29 is 4.74 Å². The van der Waals surface area contributed by atoms with Gasteiger partial charge in [0, 0.05) is 13.2 Å². The molecule has 1 N–H and O–H groups in total. The Morgan fingerprint density at radius 3 is 2.84 bits per heavy atom. The maximum absolute atomic E-state index is 5.66. The van der Waals surface area contributed by atoms with Crippen LogP contribution in [0.15, 0.2) is 10.7 Å². The second-order valence-corrected chi connectivity index (χ2v) is 5.67. The minimum atomic E-state index is 0.158. The zero-order valence-electron chi connectivity index (χ0n) is 12.3. The molecular formula is C13H25BrN4O. The van der Waals surface area contributed by atoms with E-state index in [1.807, 2.05) is 17.9 Å². The molecule has 19 heavy (non-hydrogen) atoms. The molecule has 5 nitrogen and oxygen atoms in total. The number of hydrogen-bond acceptors (Lipinski definition) is 4. The van der Waals surface area contributed by atoms with E-state index < -0.39 is 0 Å². The van der Waals surface area contributed by atoms with Gasteiger partial charge in [-0.25, -0.2) is 0 Å². The molecule has 110 valence electrons. The van der Waals surface area contributed by atoms with Crippen LogP contribution in [0, 0.1) is 0 Å². The molecule has 0 saturated heterocycles. The number of nitrogens with zero attached hydrogens (tertiary/aromatic N) is 3. The van der Waals surface area contributed by atoms with Gasteiger partial charge in [-0.3, -0.25) is 4.68 Å². The maximum atomic E-state index is 5.66. The minimum absolute atomic E-state index is 0.158. The fraction of sp³-hybridized carbons (Fsp3) is 0.769. The van der Waals surface area contributed by atoms with E-state index in [2.05, 4.69) is 52.3 Å². The highest BCUT2D eigenvalue weighted by Crippen LogP contribution is 2.23. The average molecular weight is 333 g/mol. The zero-order chi connectivity index (χ0) is 14.3. The van der Waals surface area contributed by atoms with E-state index in [1.165, 1.54) is 0 Å². The summed E-state index contributed by atoms with van der Waals surface area (Å²) in [7, 11) is 6.09. The number of likely N-dealkylation sites (N-methyl/N-ethyl adjacent to an activating group) is 2. The van der Waals surface area contributed by atoms with Crippen molar-refractivity contribution in [3.63, 3.8) is 0 Å². The SMILES string of the molecule is CCCOCC(NC)c1c(Br)cnn1CCN(C)C. The van der Waals surface area contributed by atoms with Crippen LogP contribution >= 0.6 is 15.9 Å². The van der Waals surface area contributed by atoms with Gasteiger partial charge in [-0.05, 0) is 43.5 Å². The molecule has 0 spiro atoms. The first-order valence-electron chi connectivity index (χ1n) is 6.71. The van der Waals surface area contributed by atoms with Crippen LogP contribution in [0.25, 0.3) is 0 Å². The molecule has 1 rings (SSSR count). The van der Waals surface area contributed by atoms with Gasteiger partial charge in [0.15, 0.2) is 0 Å². The Morgan fingerprint density at radius 2 is 2.26 bits per heavy atom. The van der Waals surface area contributed by atoms with Gasteiger partial charge in [0.2, 0.25) is 0 Å². The summed E-state index contributed by atoms with van der Waals surface area (Å²) in [6, 6.07) is 0.158. The highest BCUT2D eigenvalue weighted by molar-refractivity contribution is 9.10. The Labute approximate surface area is 124 Å². The molecule has 6 heteroatoms. The summed E-state index contributed by atoms with van der Waals surface area (Å²) in [5.41, 5.74) is 1.15. The Morgan fingerprint density at radius 1 is 1.53 bits per heavy atom. The van der Waals surface area contributed by atoms with Crippen LogP contribution in [0.2, 0.25) is 0 Å². The third kappa shape index (κ3) is 5.22. The smallest absolute Gasteiger partial charge is 0.0738 e. The lowest BCUT2D eigenvalue weighted by atomic mass is 10.2. The van der Waals surface area contributed by atoms with Crippen molar-refractivity contribution in [1.29, 1.82) is 0 Å². The van der Waals surface area contributed by atoms with E-state index in [4.69, 9.17) is 4.74 Å². The van der Waals surface area contributed by atoms with Gasteiger partial charge in [0.05, 0.1) is 35.6 Å². The molecule has 1 aromatic heterocycles. The second-order valence-electron chi connectivity index (χ2n) is 4.82. The first-order chi connectivity index (χ1) is 9.10. The predicted molar refractivity (Wildman–Crippen MR) is 81.4 cm³/mol. The monoisotopic (exact) mass is 332 g/mol. The van der Waals surface area contributed by atoms with Gasteiger partial charge in [0.1, 0.15) is 0 Å². The normalized spacial score (nSPS) is 13.2. The van der Waals surface area contributed by atoms with E-state index in [9.17, 15) is 0 Å². The third-order valence-corrected chi connectivity index (χ3v) is 3.51. The van der Waals surface area contributed by atoms with Crippen molar-refractivity contribution in [2.75, 3.05) is 40.9 Å². The highest BCUT2D eigenvalue weighted by atomic mass is 79.9. The molecule has 1 unspecified atom stereocenters. The van der Waals surface area contributed by atoms with Crippen LogP contribution in [0.1, 0.15) is 25.1 Å². The van der Waals surface area contributed by atoms with Crippen LogP contribution in [0.4, 0.5) is 0 Å². The molecule has 0 saturated carbocycles. The van der Waals surface area contributed by atoms with Crippen LogP contribution < -0.4 is 5.32 Å². The van der Waals surface area contributed by atoms with E-state index in [1.54, 1.807) is 0 Å². The van der Waals surface area contributed by atoms with Gasteiger partial charge in [-0.2, -0.15) is 5.10 Å². The van der Waals surface area contributed by atoms with Crippen molar-refractivity contribution in [3.05, 3.63) is 16.4 Å². The molecule has 0 amide bonds. The molecular weight excluding hydrogens is 308 g/mol. The number of halogens is 1. The molecule has 0 aliphatic carbocycles. The largest absolute Gasteiger partial charge is 0.379 e. The van der Waals surface area contributed by atoms with Crippen LogP contribution in [0.3, 0.4) is 0 Å². The molecule has 0 aliphatic heterocycles. The summed E-state index contributed by atoms with van der Waals surface area (Å²) < 4.78 is 8.74. The van der Waals surface area contributed by atoms with Gasteiger partial charge in [-0.1, -0.05) is 6.92 Å². The molecule has 0 bridgehead atoms. The van der Waals surface area contributed by atoms with Crippen LogP contribution in [-0.4, -0.2) is 55.6 Å². The number of nitrogens with one attached hydrogen (secondary N) is 1. The topological polar surface area (TPSA) is 42.3 Å². The first kappa shape index (κ1) is 16.6. The lowest BCUT2D eigenvalue weighted by molar-refractivity contribution is 0.111. The summed E-state index contributed by atoms with van der Waals surface area (Å²) in [6.45, 7) is 5.41. The van der Waals surface area contributed by atoms with Crippen molar-refractivity contribution >= 4 is 15.9 Å². The number of ether oxygens (including phenoxy) is 1. The number of hydrogen-bond donors (Lipinski definition) is 1. The minimum Gasteiger partial charge on any atom is -0.379 e. The van der Waals surface area contributed by atoms with E-state index in [0.29, 0.717) is 6.61 Å². The molecule has 1 heterocycles. The van der Waals surface area contributed by atoms with Gasteiger partial charge >= 0.3 is 0 Å². The third-order valence-electron chi connectivity index (χ3n) is 2.90. The fourth-order valence-corrected chi connectivity index (χ4v) is 2.41. The molecule has 1 atom stereocenters. The van der Waals surface area contributed by atoms with Crippen LogP contribution in [0.5, 0.6) is 0 Å². The lowest BCUT2D eigenvalue weighted by Gasteiger charge is -2.20. The van der Waals surface area contributed by atoms with Crippen molar-refractivity contribution in [3.8, 4) is 0 Å². The summed E-state index contributed by atoms with van der Waals surface area (Å²) in [6.07, 6.45) is 2.90. The molecule has 0 aromatic carbocycles. The van der Waals surface area contributed by atoms with Gasteiger partial charge < -0.3 is 15.0 Å². The zero-order valence-corrected chi connectivity index (χ0v) is 13.9. The van der Waals surface area contributed by atoms with Gasteiger partial charge in [0.25, 0.3) is 0 Å². The summed E-state index contributed by atoms with van der Waals surface area (Å²) in [4.78, 5) is 2.15. The van der Waals surface area contributed by atoms with Crippen LogP contribution in [-0.2, 0) is 11.3 Å². The van der Waals surface area contributed by atoms with Crippen molar-refractivity contribution in [2.45, 2.75) is 25.9 Å². The molecule has 0 aliphatic rings. The quantitative estimate of drug-likeness (QED) is 0.701. The van der Waals surface area contributed by atoms with E-state index >= 15 is 0 Å². The molecule has 0 radical (unpaired) electrons. The molecule has 0 fully saturated rings. The van der Waals surface area contributed by atoms with Crippen molar-refractivity contribution in [1.82, 2.24) is 20.0 Å². The van der Waals surface area contributed by atoms with Crippen molar-refractivity contribution in [2.24, 2.45) is 0 Å². The lowest BCUT2D eigenvalue weighted by Crippen LogP contribution is -2.27. The first-order valence-corrected chi connectivity index (χ1v) is 7.50. The van der Waals surface area contributed by atoms with Gasteiger partial charge in [-0.15, -0.1) is 0 Å². The summed E-state index contributed by atoms with van der Waals surface area (Å²) in [5, 5.41) is 7.74. The summed E-state index contributed by atoms with van der Waals surface area (Å²) >= 11 is 3.58. The predicted octanol–water partition coefficient (Wildman–Crippen LogP) is 1.89.